The molecular weight excluding hydrogens is 280 g/mol. The van der Waals surface area contributed by atoms with Gasteiger partial charge in [-0.2, -0.15) is 0 Å². The minimum absolute atomic E-state index is 0.171. The molecule has 2 rings (SSSR count). The summed E-state index contributed by atoms with van der Waals surface area (Å²) < 4.78 is 10.4. The molecule has 3 N–H and O–H groups in total. The highest BCUT2D eigenvalue weighted by Gasteiger charge is 2.14. The van der Waals surface area contributed by atoms with Gasteiger partial charge in [0.25, 0.3) is 0 Å². The van der Waals surface area contributed by atoms with Crippen LogP contribution in [0.15, 0.2) is 18.2 Å². The average Bonchev–Trinajstić information content (AvgIpc) is 2.90. The number of fused-ring (bicyclic) bond motifs is 1. The molecule has 8 heteroatoms. The number of urea groups is 1. The number of ether oxygens (including phenoxy) is 2. The number of rotatable bonds is 5. The van der Waals surface area contributed by atoms with E-state index in [1.54, 1.807) is 18.2 Å². The molecule has 0 saturated carbocycles. The second kappa shape index (κ2) is 6.60. The zero-order valence-corrected chi connectivity index (χ0v) is 11.0. The number of hydrogen-bond acceptors (Lipinski definition) is 5. The first-order valence-electron chi connectivity index (χ1n) is 6.22. The van der Waals surface area contributed by atoms with E-state index in [0.717, 1.165) is 5.56 Å². The molecule has 0 atom stereocenters. The molecule has 21 heavy (non-hydrogen) atoms. The van der Waals surface area contributed by atoms with E-state index in [1.165, 1.54) is 0 Å². The van der Waals surface area contributed by atoms with Crippen LogP contribution in [0.25, 0.3) is 0 Å². The average molecular weight is 294 g/mol. The zero-order chi connectivity index (χ0) is 15.2. The number of imide groups is 1. The second-order valence-corrected chi connectivity index (χ2v) is 4.31. The van der Waals surface area contributed by atoms with Gasteiger partial charge in [0, 0.05) is 13.0 Å². The number of carboxylic acid groups (broad SMARTS) is 1. The Morgan fingerprint density at radius 3 is 2.67 bits per heavy atom. The fraction of sp³-hybridized carbons (Fsp3) is 0.308. The van der Waals surface area contributed by atoms with Crippen molar-refractivity contribution in [2.45, 2.75) is 19.4 Å². The Balaban J connectivity index is 1.76. The Labute approximate surface area is 120 Å². The van der Waals surface area contributed by atoms with Crippen LogP contribution in [0.3, 0.4) is 0 Å². The minimum atomic E-state index is -1.09. The highest BCUT2D eigenvalue weighted by atomic mass is 16.7. The van der Waals surface area contributed by atoms with Gasteiger partial charge in [-0.05, 0) is 17.7 Å². The summed E-state index contributed by atoms with van der Waals surface area (Å²) in [6.07, 6.45) is -0.561. The van der Waals surface area contributed by atoms with E-state index in [1.807, 2.05) is 5.32 Å². The molecule has 0 saturated heterocycles. The Morgan fingerprint density at radius 2 is 1.90 bits per heavy atom. The van der Waals surface area contributed by atoms with E-state index in [4.69, 9.17) is 14.6 Å². The van der Waals surface area contributed by atoms with Crippen molar-refractivity contribution in [3.05, 3.63) is 23.8 Å². The largest absolute Gasteiger partial charge is 0.481 e. The number of hydrogen-bond donors (Lipinski definition) is 3. The number of benzene rings is 1. The molecule has 0 aliphatic carbocycles. The zero-order valence-electron chi connectivity index (χ0n) is 11.0. The molecule has 8 nitrogen and oxygen atoms in total. The predicted molar refractivity (Wildman–Crippen MR) is 69.8 cm³/mol. The number of amides is 3. The van der Waals surface area contributed by atoms with Crippen LogP contribution in [0, 0.1) is 0 Å². The van der Waals surface area contributed by atoms with Crippen molar-refractivity contribution in [3.8, 4) is 11.5 Å². The first kappa shape index (κ1) is 14.6. The van der Waals surface area contributed by atoms with Crippen LogP contribution in [0.1, 0.15) is 18.4 Å². The number of carboxylic acids is 1. The van der Waals surface area contributed by atoms with Crippen LogP contribution in [-0.4, -0.2) is 29.8 Å². The summed E-state index contributed by atoms with van der Waals surface area (Å²) >= 11 is 0. The van der Waals surface area contributed by atoms with Crippen molar-refractivity contribution in [3.63, 3.8) is 0 Å². The third kappa shape index (κ3) is 4.37. The van der Waals surface area contributed by atoms with Gasteiger partial charge in [0.15, 0.2) is 11.5 Å². The number of nitrogens with one attached hydrogen (secondary N) is 2. The lowest BCUT2D eigenvalue weighted by molar-refractivity contribution is -0.138. The maximum absolute atomic E-state index is 11.5. The maximum Gasteiger partial charge on any atom is 0.321 e. The molecule has 1 aliphatic rings. The quantitative estimate of drug-likeness (QED) is 0.733. The molecule has 0 fully saturated rings. The number of aliphatic carboxylic acids is 1. The fourth-order valence-electron chi connectivity index (χ4n) is 1.69. The molecule has 112 valence electrons. The number of carbonyl (C=O) groups excluding carboxylic acids is 2. The summed E-state index contributed by atoms with van der Waals surface area (Å²) in [4.78, 5) is 33.0. The molecule has 0 radical (unpaired) electrons. The van der Waals surface area contributed by atoms with Crippen LogP contribution in [0.5, 0.6) is 11.5 Å². The topological polar surface area (TPSA) is 114 Å². The van der Waals surface area contributed by atoms with Crippen molar-refractivity contribution >= 4 is 17.9 Å². The van der Waals surface area contributed by atoms with E-state index < -0.39 is 17.9 Å². The Hall–Kier alpha value is -2.77. The summed E-state index contributed by atoms with van der Waals surface area (Å²) in [6, 6.07) is 4.55. The first-order chi connectivity index (χ1) is 10.0. The predicted octanol–water partition coefficient (Wildman–Crippen LogP) is 0.606. The van der Waals surface area contributed by atoms with Crippen LogP contribution >= 0.6 is 0 Å². The summed E-state index contributed by atoms with van der Waals surface area (Å²) in [6.45, 7) is 0.374. The van der Waals surface area contributed by atoms with Crippen molar-refractivity contribution < 1.29 is 29.0 Å². The molecule has 1 aliphatic heterocycles. The minimum Gasteiger partial charge on any atom is -0.481 e. The van der Waals surface area contributed by atoms with Crippen LogP contribution in [0.2, 0.25) is 0 Å². The van der Waals surface area contributed by atoms with Crippen LogP contribution < -0.4 is 20.1 Å². The van der Waals surface area contributed by atoms with Crippen molar-refractivity contribution in [2.24, 2.45) is 0 Å². The Morgan fingerprint density at radius 1 is 1.14 bits per heavy atom. The molecule has 0 aromatic heterocycles. The van der Waals surface area contributed by atoms with Crippen LogP contribution in [-0.2, 0) is 16.1 Å². The van der Waals surface area contributed by atoms with E-state index in [0.29, 0.717) is 11.5 Å². The summed E-state index contributed by atoms with van der Waals surface area (Å²) in [5, 5.41) is 13.0. The molecule has 0 unspecified atom stereocenters. The Bertz CT molecular complexity index is 572. The van der Waals surface area contributed by atoms with Crippen molar-refractivity contribution in [1.82, 2.24) is 10.6 Å². The van der Waals surface area contributed by atoms with Gasteiger partial charge in [0.2, 0.25) is 12.7 Å². The summed E-state index contributed by atoms with van der Waals surface area (Å²) in [5.41, 5.74) is 0.785. The van der Waals surface area contributed by atoms with E-state index in [2.05, 4.69) is 5.32 Å². The van der Waals surface area contributed by atoms with Gasteiger partial charge >= 0.3 is 12.0 Å². The van der Waals surface area contributed by atoms with Gasteiger partial charge in [-0.15, -0.1) is 0 Å². The second-order valence-electron chi connectivity index (χ2n) is 4.31. The normalized spacial score (nSPS) is 11.8. The third-order valence-electron chi connectivity index (χ3n) is 2.71. The van der Waals surface area contributed by atoms with Gasteiger partial charge in [-0.25, -0.2) is 4.79 Å². The molecule has 1 aromatic rings. The Kier molecular flexibility index (Phi) is 4.60. The summed E-state index contributed by atoms with van der Waals surface area (Å²) in [7, 11) is 0. The van der Waals surface area contributed by atoms with Gasteiger partial charge in [0.05, 0.1) is 6.42 Å². The van der Waals surface area contributed by atoms with Gasteiger partial charge in [-0.3, -0.25) is 14.9 Å². The SMILES string of the molecule is O=C(O)CCC(=O)NC(=O)NCc1ccc2c(c1)OCO2. The smallest absolute Gasteiger partial charge is 0.321 e. The standard InChI is InChI=1S/C13H14N2O6/c16-11(3-4-12(17)18)15-13(19)14-6-8-1-2-9-10(5-8)21-7-20-9/h1-2,5H,3-4,6-7H2,(H,17,18)(H2,14,15,16,19). The van der Waals surface area contributed by atoms with Gasteiger partial charge in [-0.1, -0.05) is 6.07 Å². The molecular formula is C13H14N2O6. The van der Waals surface area contributed by atoms with Gasteiger partial charge < -0.3 is 19.9 Å². The molecule has 0 bridgehead atoms. The lowest BCUT2D eigenvalue weighted by Crippen LogP contribution is -2.39. The molecule has 1 heterocycles. The first-order valence-corrected chi connectivity index (χ1v) is 6.22. The van der Waals surface area contributed by atoms with Crippen LogP contribution in [0.4, 0.5) is 4.79 Å². The highest BCUT2D eigenvalue weighted by molar-refractivity contribution is 5.95. The lowest BCUT2D eigenvalue weighted by atomic mass is 10.2. The van der Waals surface area contributed by atoms with Crippen molar-refractivity contribution in [2.75, 3.05) is 6.79 Å². The highest BCUT2D eigenvalue weighted by Crippen LogP contribution is 2.32. The number of carbonyl (C=O) groups is 3. The van der Waals surface area contributed by atoms with Gasteiger partial charge in [0.1, 0.15) is 0 Å². The molecule has 3 amide bonds. The molecule has 0 spiro atoms. The van der Waals surface area contributed by atoms with E-state index in [9.17, 15) is 14.4 Å². The maximum atomic E-state index is 11.5. The fourth-order valence-corrected chi connectivity index (χ4v) is 1.69. The lowest BCUT2D eigenvalue weighted by Gasteiger charge is -2.07. The monoisotopic (exact) mass is 294 g/mol. The van der Waals surface area contributed by atoms with E-state index in [-0.39, 0.29) is 26.2 Å². The molecule has 1 aromatic carbocycles. The van der Waals surface area contributed by atoms with Crippen molar-refractivity contribution in [1.29, 1.82) is 0 Å². The van der Waals surface area contributed by atoms with E-state index >= 15 is 0 Å². The third-order valence-corrected chi connectivity index (χ3v) is 2.71. The summed E-state index contributed by atoms with van der Waals surface area (Å²) in [5.74, 6) is -0.481.